The van der Waals surface area contributed by atoms with Crippen LogP contribution in [-0.4, -0.2) is 64.2 Å². The van der Waals surface area contributed by atoms with E-state index >= 15 is 0 Å². The number of aromatic nitrogens is 1. The number of aliphatic hydroxyl groups is 3. The summed E-state index contributed by atoms with van der Waals surface area (Å²) in [5.74, 6) is -1.35. The Morgan fingerprint density at radius 1 is 1.17 bits per heavy atom. The highest BCUT2D eigenvalue weighted by molar-refractivity contribution is 5.89. The maximum atomic E-state index is 10.2. The van der Waals surface area contributed by atoms with E-state index in [1.54, 1.807) is 26.8 Å². The summed E-state index contributed by atoms with van der Waals surface area (Å²) >= 11 is 0. The Kier molecular flexibility index (Phi) is 10.1. The number of nitrogens with two attached hydrogens (primary N) is 1. The summed E-state index contributed by atoms with van der Waals surface area (Å²) in [4.78, 5) is 14.7. The van der Waals surface area contributed by atoms with E-state index in [0.717, 1.165) is 4.90 Å². The Balaban J connectivity index is 0.000000433. The van der Waals surface area contributed by atoms with Gasteiger partial charge in [0.2, 0.25) is 0 Å². The van der Waals surface area contributed by atoms with Crippen LogP contribution < -0.4 is 15.7 Å². The average molecular weight is 329 g/mol. The molecule has 0 saturated carbocycles. The number of carbonyl (C=O) groups is 1. The van der Waals surface area contributed by atoms with Crippen LogP contribution >= 0.6 is 0 Å². The number of aromatic carboxylic acids is 1. The molecular formula is C15H27N3O5. The zero-order valence-corrected chi connectivity index (χ0v) is 13.8. The number of aliphatic hydroxyl groups excluding tert-OH is 3. The van der Waals surface area contributed by atoms with Crippen molar-refractivity contribution in [2.24, 2.45) is 0 Å². The molecule has 1 aromatic heterocycles. The number of quaternary nitrogens is 1. The van der Waals surface area contributed by atoms with Crippen molar-refractivity contribution in [3.8, 4) is 0 Å². The lowest BCUT2D eigenvalue weighted by Crippen LogP contribution is -3.15. The van der Waals surface area contributed by atoms with E-state index in [4.69, 9.17) is 21.1 Å². The number of hydrogen-bond donors (Lipinski definition) is 5. The Morgan fingerprint density at radius 3 is 1.87 bits per heavy atom. The lowest BCUT2D eigenvalue weighted by atomic mass is 10.2. The average Bonchev–Trinajstić information content (AvgIpc) is 2.37. The van der Waals surface area contributed by atoms with Gasteiger partial charge in [0.25, 0.3) is 0 Å². The second kappa shape index (κ2) is 10.9. The third-order valence-corrected chi connectivity index (χ3v) is 2.78. The van der Waals surface area contributed by atoms with Crippen molar-refractivity contribution < 1.29 is 30.1 Å². The summed E-state index contributed by atoms with van der Waals surface area (Å²) in [6, 6.07) is 3.01. The van der Waals surface area contributed by atoms with Crippen LogP contribution in [0.15, 0.2) is 18.3 Å². The molecule has 0 amide bonds. The molecule has 3 unspecified atom stereocenters. The number of nitrogen functional groups attached to an aromatic ring is 1. The van der Waals surface area contributed by atoms with Gasteiger partial charge in [-0.1, -0.05) is 0 Å². The van der Waals surface area contributed by atoms with E-state index in [-0.39, 0.29) is 11.4 Å². The number of carboxylic acids is 1. The monoisotopic (exact) mass is 329 g/mol. The molecule has 8 nitrogen and oxygen atoms in total. The molecule has 0 aliphatic heterocycles. The Morgan fingerprint density at radius 2 is 1.61 bits per heavy atom. The van der Waals surface area contributed by atoms with E-state index in [9.17, 15) is 9.90 Å². The van der Waals surface area contributed by atoms with Crippen LogP contribution in [0.3, 0.4) is 0 Å². The number of hydrogen-bond acceptors (Lipinski definition) is 7. The maximum Gasteiger partial charge on any atom is 0.109 e. The SMILES string of the molecule is CC(O)C[NH+](CC(C)O)CC(C)O.Nc1cccnc1C(=O)[O-]. The van der Waals surface area contributed by atoms with Crippen LogP contribution in [0, 0.1) is 0 Å². The molecular weight excluding hydrogens is 302 g/mol. The minimum Gasteiger partial charge on any atom is -0.543 e. The Hall–Kier alpha value is -1.74. The highest BCUT2D eigenvalue weighted by Gasteiger charge is 2.16. The molecule has 0 fully saturated rings. The van der Waals surface area contributed by atoms with Gasteiger partial charge in [0.1, 0.15) is 43.6 Å². The fraction of sp³-hybridized carbons (Fsp3) is 0.600. The zero-order valence-electron chi connectivity index (χ0n) is 13.8. The molecule has 0 spiro atoms. The predicted octanol–water partition coefficient (Wildman–Crippen LogP) is -2.96. The number of nitrogens with zero attached hydrogens (tertiary/aromatic N) is 1. The summed E-state index contributed by atoms with van der Waals surface area (Å²) in [5.41, 5.74) is 5.16. The molecule has 8 heteroatoms. The summed E-state index contributed by atoms with van der Waals surface area (Å²) in [6.45, 7) is 6.83. The highest BCUT2D eigenvalue weighted by Crippen LogP contribution is 2.04. The van der Waals surface area contributed by atoms with Crippen molar-refractivity contribution in [2.75, 3.05) is 25.4 Å². The number of nitrogens with one attached hydrogen (secondary N) is 1. The van der Waals surface area contributed by atoms with Crippen molar-refractivity contribution in [1.29, 1.82) is 0 Å². The Labute approximate surface area is 136 Å². The Bertz CT molecular complexity index is 442. The van der Waals surface area contributed by atoms with Crippen molar-refractivity contribution in [2.45, 2.75) is 39.1 Å². The fourth-order valence-corrected chi connectivity index (χ4v) is 2.09. The molecule has 1 rings (SSSR count). The number of carboxylic acid groups (broad SMARTS) is 1. The van der Waals surface area contributed by atoms with E-state index < -0.39 is 24.3 Å². The summed E-state index contributed by atoms with van der Waals surface area (Å²) < 4.78 is 0. The van der Waals surface area contributed by atoms with Crippen LogP contribution in [0.25, 0.3) is 0 Å². The van der Waals surface area contributed by atoms with E-state index in [1.165, 1.54) is 12.3 Å². The first kappa shape index (κ1) is 21.3. The van der Waals surface area contributed by atoms with Crippen LogP contribution in [0.2, 0.25) is 0 Å². The molecule has 0 radical (unpaired) electrons. The van der Waals surface area contributed by atoms with Gasteiger partial charge in [0.15, 0.2) is 0 Å². The molecule has 1 aromatic rings. The summed E-state index contributed by atoms with van der Waals surface area (Å²) in [6.07, 6.45) is 0.161. The van der Waals surface area contributed by atoms with E-state index in [1.807, 2.05) is 0 Å². The first-order chi connectivity index (χ1) is 10.6. The fourth-order valence-electron chi connectivity index (χ4n) is 2.09. The molecule has 1 heterocycles. The third-order valence-electron chi connectivity index (χ3n) is 2.78. The normalized spacial score (nSPS) is 15.7. The molecule has 0 saturated heterocycles. The standard InChI is InChI=1S/C9H21NO3.C6H6N2O2/c1-7(11)4-10(5-8(2)12)6-9(3)13;7-4-2-1-3-8-5(4)6(9)10/h7-9,11-13H,4-6H2,1-3H3;1-3H,7H2,(H,9,10). The maximum absolute atomic E-state index is 10.2. The van der Waals surface area contributed by atoms with Gasteiger partial charge in [-0.25, -0.2) is 0 Å². The van der Waals surface area contributed by atoms with Gasteiger partial charge in [0, 0.05) is 6.20 Å². The van der Waals surface area contributed by atoms with Crippen LogP contribution in [-0.2, 0) is 0 Å². The van der Waals surface area contributed by atoms with Gasteiger partial charge in [-0.05, 0) is 32.9 Å². The number of pyridine rings is 1. The van der Waals surface area contributed by atoms with Gasteiger partial charge in [0.05, 0.1) is 11.7 Å². The van der Waals surface area contributed by atoms with Crippen molar-refractivity contribution >= 4 is 11.7 Å². The molecule has 0 aromatic carbocycles. The molecule has 6 N–H and O–H groups in total. The van der Waals surface area contributed by atoms with Gasteiger partial charge >= 0.3 is 0 Å². The number of anilines is 1. The summed E-state index contributed by atoms with van der Waals surface area (Å²) in [5, 5.41) is 37.7. The quantitative estimate of drug-likeness (QED) is 0.359. The van der Waals surface area contributed by atoms with E-state index in [0.29, 0.717) is 19.6 Å². The largest absolute Gasteiger partial charge is 0.543 e. The van der Waals surface area contributed by atoms with Crippen LogP contribution in [0.1, 0.15) is 31.3 Å². The lowest BCUT2D eigenvalue weighted by molar-refractivity contribution is -0.908. The first-order valence-electron chi connectivity index (χ1n) is 7.43. The van der Waals surface area contributed by atoms with Gasteiger partial charge in [-0.3, -0.25) is 4.98 Å². The molecule has 23 heavy (non-hydrogen) atoms. The topological polar surface area (TPSA) is 144 Å². The minimum absolute atomic E-state index is 0.127. The van der Waals surface area contributed by atoms with Gasteiger partial charge in [-0.2, -0.15) is 0 Å². The van der Waals surface area contributed by atoms with Gasteiger partial charge in [-0.15, -0.1) is 0 Å². The summed E-state index contributed by atoms with van der Waals surface area (Å²) in [7, 11) is 0. The predicted molar refractivity (Wildman–Crippen MR) is 83.6 cm³/mol. The minimum atomic E-state index is -1.35. The van der Waals surface area contributed by atoms with Crippen molar-refractivity contribution in [3.05, 3.63) is 24.0 Å². The lowest BCUT2D eigenvalue weighted by Gasteiger charge is -2.23. The highest BCUT2D eigenvalue weighted by atomic mass is 16.4. The van der Waals surface area contributed by atoms with E-state index in [2.05, 4.69) is 4.98 Å². The van der Waals surface area contributed by atoms with Gasteiger partial charge < -0.3 is 35.9 Å². The smallest absolute Gasteiger partial charge is 0.109 e. The zero-order chi connectivity index (χ0) is 18.0. The first-order valence-corrected chi connectivity index (χ1v) is 7.43. The molecule has 0 bridgehead atoms. The van der Waals surface area contributed by atoms with Crippen molar-refractivity contribution in [1.82, 2.24) is 4.98 Å². The number of rotatable bonds is 7. The molecule has 3 atom stereocenters. The second-order valence-electron chi connectivity index (χ2n) is 5.64. The molecule has 132 valence electrons. The molecule has 0 aliphatic carbocycles. The van der Waals surface area contributed by atoms with Crippen molar-refractivity contribution in [3.63, 3.8) is 0 Å². The molecule has 0 aliphatic rings. The van der Waals surface area contributed by atoms with Crippen LogP contribution in [0.4, 0.5) is 5.69 Å². The number of carbonyl (C=O) groups excluding carboxylic acids is 1. The van der Waals surface area contributed by atoms with Crippen LogP contribution in [0.5, 0.6) is 0 Å². The third kappa shape index (κ3) is 10.6. The second-order valence-corrected chi connectivity index (χ2v) is 5.64.